The monoisotopic (exact) mass is 416 g/mol. The Bertz CT molecular complexity index is 1140. The number of aromatic nitrogens is 2. The van der Waals surface area contributed by atoms with Crippen LogP contribution in [0, 0.1) is 11.8 Å². The lowest BCUT2D eigenvalue weighted by Gasteiger charge is -2.36. The lowest BCUT2D eigenvalue weighted by atomic mass is 9.77. The van der Waals surface area contributed by atoms with Crippen molar-refractivity contribution in [3.63, 3.8) is 0 Å². The van der Waals surface area contributed by atoms with Gasteiger partial charge in [0.2, 0.25) is 0 Å². The zero-order chi connectivity index (χ0) is 20.9. The van der Waals surface area contributed by atoms with Crippen LogP contribution in [0.15, 0.2) is 48.8 Å². The number of likely N-dealkylation sites (tertiary alicyclic amines) is 1. The second-order valence-electron chi connectivity index (χ2n) is 9.35. The van der Waals surface area contributed by atoms with Crippen LogP contribution in [0.25, 0.3) is 11.0 Å². The fourth-order valence-corrected chi connectivity index (χ4v) is 5.97. The quantitative estimate of drug-likeness (QED) is 0.671. The summed E-state index contributed by atoms with van der Waals surface area (Å²) < 4.78 is 2.14. The van der Waals surface area contributed by atoms with Crippen molar-refractivity contribution < 1.29 is 9.90 Å². The van der Waals surface area contributed by atoms with Gasteiger partial charge >= 0.3 is 0 Å². The fourth-order valence-electron chi connectivity index (χ4n) is 5.97. The Morgan fingerprint density at radius 3 is 2.81 bits per heavy atom. The van der Waals surface area contributed by atoms with Crippen molar-refractivity contribution in [3.8, 4) is 0 Å². The number of hydrogen-bond donors (Lipinski definition) is 2. The van der Waals surface area contributed by atoms with E-state index in [0.29, 0.717) is 11.8 Å². The summed E-state index contributed by atoms with van der Waals surface area (Å²) in [6.07, 6.45) is 5.19. The maximum absolute atomic E-state index is 13.4. The van der Waals surface area contributed by atoms with E-state index in [0.717, 1.165) is 67.6 Å². The molecule has 6 heteroatoms. The third-order valence-corrected chi connectivity index (χ3v) is 7.54. The van der Waals surface area contributed by atoms with E-state index in [2.05, 4.69) is 27.0 Å². The molecule has 2 fully saturated rings. The van der Waals surface area contributed by atoms with Crippen LogP contribution >= 0.6 is 0 Å². The third-order valence-electron chi connectivity index (χ3n) is 7.54. The summed E-state index contributed by atoms with van der Waals surface area (Å²) in [5.74, 6) is 0.892. The molecule has 2 aromatic carbocycles. The van der Waals surface area contributed by atoms with Crippen LogP contribution in [0.1, 0.15) is 41.2 Å². The molecule has 0 radical (unpaired) electrons. The maximum atomic E-state index is 13.4. The lowest BCUT2D eigenvalue weighted by Crippen LogP contribution is -2.36. The molecule has 2 N–H and O–H groups in total. The van der Waals surface area contributed by atoms with Gasteiger partial charge in [-0.2, -0.15) is 0 Å². The summed E-state index contributed by atoms with van der Waals surface area (Å²) in [5.41, 5.74) is 5.10. The summed E-state index contributed by atoms with van der Waals surface area (Å²) in [6, 6.07) is 14.2. The Hall–Kier alpha value is -2.86. The molecule has 1 aliphatic carbocycles. The number of benzene rings is 2. The van der Waals surface area contributed by atoms with Crippen molar-refractivity contribution in [1.82, 2.24) is 14.5 Å². The van der Waals surface area contributed by atoms with E-state index in [1.165, 1.54) is 5.56 Å². The molecule has 1 saturated heterocycles. The summed E-state index contributed by atoms with van der Waals surface area (Å²) in [7, 11) is 0. The maximum Gasteiger partial charge on any atom is 0.255 e. The van der Waals surface area contributed by atoms with E-state index in [4.69, 9.17) is 0 Å². The molecule has 1 aromatic heterocycles. The first kappa shape index (κ1) is 18.9. The van der Waals surface area contributed by atoms with Gasteiger partial charge in [0.05, 0.1) is 40.8 Å². The predicted molar refractivity (Wildman–Crippen MR) is 120 cm³/mol. The highest BCUT2D eigenvalue weighted by Crippen LogP contribution is 2.43. The number of imidazole rings is 1. The number of aliphatic hydroxyl groups is 1. The molecule has 0 bridgehead atoms. The van der Waals surface area contributed by atoms with E-state index < -0.39 is 6.10 Å². The normalized spacial score (nSPS) is 27.6. The summed E-state index contributed by atoms with van der Waals surface area (Å²) in [4.78, 5) is 20.0. The van der Waals surface area contributed by atoms with Crippen molar-refractivity contribution in [3.05, 3.63) is 59.9 Å². The summed E-state index contributed by atoms with van der Waals surface area (Å²) in [5, 5.41) is 14.4. The number of fused-ring (bicyclic) bond motifs is 3. The van der Waals surface area contributed by atoms with Gasteiger partial charge < -0.3 is 19.9 Å². The van der Waals surface area contributed by atoms with Gasteiger partial charge in [-0.05, 0) is 61.3 Å². The standard InChI is InChI=1S/C25H28N4O2/c30-23-12-18-14-28(25(31)19-7-3-5-16-6-4-10-26-24(16)19)13-17(18)11-22(23)29-15-27-20-8-1-2-9-21(20)29/h1-3,5,7-9,15,17-18,22-23,26,30H,4,6,10-14H2/t17-,18+,22-,23-/m1/s1. The van der Waals surface area contributed by atoms with Gasteiger partial charge in [-0.25, -0.2) is 4.98 Å². The summed E-state index contributed by atoms with van der Waals surface area (Å²) >= 11 is 0. The lowest BCUT2D eigenvalue weighted by molar-refractivity contribution is 0.0374. The highest BCUT2D eigenvalue weighted by Gasteiger charge is 2.44. The average Bonchev–Trinajstić information content (AvgIpc) is 3.41. The minimum atomic E-state index is -0.417. The Balaban J connectivity index is 1.23. The molecule has 1 saturated carbocycles. The number of amides is 1. The van der Waals surface area contributed by atoms with Gasteiger partial charge in [-0.1, -0.05) is 24.3 Å². The van der Waals surface area contributed by atoms with Crippen molar-refractivity contribution >= 4 is 22.6 Å². The fraction of sp³-hybridized carbons (Fsp3) is 0.440. The third kappa shape index (κ3) is 3.12. The molecular weight excluding hydrogens is 388 g/mol. The van der Waals surface area contributed by atoms with Crippen LogP contribution in [-0.4, -0.2) is 51.2 Å². The highest BCUT2D eigenvalue weighted by molar-refractivity contribution is 6.00. The smallest absolute Gasteiger partial charge is 0.255 e. The van der Waals surface area contributed by atoms with E-state index in [-0.39, 0.29) is 11.9 Å². The van der Waals surface area contributed by atoms with E-state index in [9.17, 15) is 9.90 Å². The molecule has 2 aliphatic heterocycles. The molecule has 1 amide bonds. The number of aryl methyl sites for hydroxylation is 1. The highest BCUT2D eigenvalue weighted by atomic mass is 16.3. The Morgan fingerprint density at radius 2 is 1.90 bits per heavy atom. The molecule has 0 spiro atoms. The Labute approximate surface area is 181 Å². The number of carbonyl (C=O) groups is 1. The van der Waals surface area contributed by atoms with Crippen LogP contribution < -0.4 is 5.32 Å². The van der Waals surface area contributed by atoms with Gasteiger partial charge in [0.15, 0.2) is 0 Å². The molecule has 4 atom stereocenters. The number of nitrogens with one attached hydrogen (secondary N) is 1. The van der Waals surface area contributed by atoms with Crippen LogP contribution in [-0.2, 0) is 6.42 Å². The Morgan fingerprint density at radius 1 is 1.06 bits per heavy atom. The number of aliphatic hydroxyl groups excluding tert-OH is 1. The van der Waals surface area contributed by atoms with Crippen LogP contribution in [0.5, 0.6) is 0 Å². The number of para-hydroxylation sites is 3. The van der Waals surface area contributed by atoms with E-state index in [1.807, 2.05) is 41.6 Å². The molecule has 3 heterocycles. The average molecular weight is 417 g/mol. The first-order chi connectivity index (χ1) is 15.2. The number of hydrogen-bond acceptors (Lipinski definition) is 4. The zero-order valence-corrected chi connectivity index (χ0v) is 17.6. The van der Waals surface area contributed by atoms with Crippen molar-refractivity contribution in [2.45, 2.75) is 37.8 Å². The van der Waals surface area contributed by atoms with Crippen LogP contribution in [0.2, 0.25) is 0 Å². The van der Waals surface area contributed by atoms with Crippen LogP contribution in [0.3, 0.4) is 0 Å². The SMILES string of the molecule is O=C(c1cccc2c1NCCC2)N1C[C@H]2C[C@@H](n3cnc4ccccc43)[C@H](O)C[C@H]2C1. The summed E-state index contributed by atoms with van der Waals surface area (Å²) in [6.45, 7) is 2.43. The molecule has 160 valence electrons. The second-order valence-corrected chi connectivity index (χ2v) is 9.35. The van der Waals surface area contributed by atoms with Gasteiger partial charge in [0, 0.05) is 19.6 Å². The van der Waals surface area contributed by atoms with Gasteiger partial charge in [-0.3, -0.25) is 4.79 Å². The van der Waals surface area contributed by atoms with E-state index in [1.54, 1.807) is 0 Å². The first-order valence-electron chi connectivity index (χ1n) is 11.4. The van der Waals surface area contributed by atoms with Crippen molar-refractivity contribution in [1.29, 1.82) is 0 Å². The van der Waals surface area contributed by atoms with Gasteiger partial charge in [0.1, 0.15) is 0 Å². The topological polar surface area (TPSA) is 70.4 Å². The van der Waals surface area contributed by atoms with Gasteiger partial charge in [-0.15, -0.1) is 0 Å². The van der Waals surface area contributed by atoms with Gasteiger partial charge in [0.25, 0.3) is 5.91 Å². The number of carbonyl (C=O) groups excluding carboxylic acids is 1. The first-order valence-corrected chi connectivity index (χ1v) is 11.4. The minimum absolute atomic E-state index is 0.00912. The largest absolute Gasteiger partial charge is 0.391 e. The molecular formula is C25H28N4O2. The second kappa shape index (κ2) is 7.38. The zero-order valence-electron chi connectivity index (χ0n) is 17.6. The predicted octanol–water partition coefficient (Wildman–Crippen LogP) is 3.48. The molecule has 6 nitrogen and oxygen atoms in total. The van der Waals surface area contributed by atoms with Crippen molar-refractivity contribution in [2.24, 2.45) is 11.8 Å². The molecule has 3 aromatic rings. The minimum Gasteiger partial charge on any atom is -0.391 e. The molecule has 6 rings (SSSR count). The van der Waals surface area contributed by atoms with Crippen molar-refractivity contribution in [2.75, 3.05) is 25.0 Å². The number of rotatable bonds is 2. The van der Waals surface area contributed by atoms with E-state index >= 15 is 0 Å². The Kier molecular flexibility index (Phi) is 4.49. The molecule has 0 unspecified atom stereocenters. The molecule has 3 aliphatic rings. The number of nitrogens with zero attached hydrogens (tertiary/aromatic N) is 3. The number of anilines is 1. The van der Waals surface area contributed by atoms with Crippen LogP contribution in [0.4, 0.5) is 5.69 Å². The molecule has 31 heavy (non-hydrogen) atoms.